The zero-order valence-electron chi connectivity index (χ0n) is 9.05. The molecule has 5 heteroatoms. The lowest BCUT2D eigenvalue weighted by Gasteiger charge is -2.32. The van der Waals surface area contributed by atoms with Crippen molar-refractivity contribution < 1.29 is 13.5 Å². The summed E-state index contributed by atoms with van der Waals surface area (Å²) in [4.78, 5) is -0.0467. The van der Waals surface area contributed by atoms with Crippen molar-refractivity contribution in [3.05, 3.63) is 24.3 Å². The standard InChI is InChI=1S/C11H15NO3S/c1-8-6-9(7-8)12-16(14,15)11-5-3-2-4-10(11)13/h2-5,8-9,12-13H,6-7H2,1H3. The van der Waals surface area contributed by atoms with Crippen molar-refractivity contribution in [3.63, 3.8) is 0 Å². The summed E-state index contributed by atoms with van der Waals surface area (Å²) in [5, 5.41) is 9.48. The van der Waals surface area contributed by atoms with Gasteiger partial charge in [0.25, 0.3) is 0 Å². The van der Waals surface area contributed by atoms with Gasteiger partial charge in [-0.15, -0.1) is 0 Å². The number of nitrogens with one attached hydrogen (secondary N) is 1. The molecule has 1 aromatic carbocycles. The molecule has 16 heavy (non-hydrogen) atoms. The molecule has 2 rings (SSSR count). The molecular formula is C11H15NO3S. The molecule has 0 atom stereocenters. The smallest absolute Gasteiger partial charge is 0.244 e. The Kier molecular flexibility index (Phi) is 2.90. The third-order valence-electron chi connectivity index (χ3n) is 2.85. The van der Waals surface area contributed by atoms with Gasteiger partial charge in [-0.25, -0.2) is 13.1 Å². The van der Waals surface area contributed by atoms with Crippen LogP contribution in [0.25, 0.3) is 0 Å². The quantitative estimate of drug-likeness (QED) is 0.842. The lowest BCUT2D eigenvalue weighted by molar-refractivity contribution is 0.270. The Morgan fingerprint density at radius 3 is 2.50 bits per heavy atom. The molecule has 4 nitrogen and oxygen atoms in total. The molecule has 1 saturated carbocycles. The van der Waals surface area contributed by atoms with Gasteiger partial charge in [0.1, 0.15) is 10.6 Å². The highest BCUT2D eigenvalue weighted by Crippen LogP contribution is 2.29. The predicted octanol–water partition coefficient (Wildman–Crippen LogP) is 1.47. The van der Waals surface area contributed by atoms with E-state index in [4.69, 9.17) is 0 Å². The molecule has 1 aromatic rings. The van der Waals surface area contributed by atoms with E-state index in [1.165, 1.54) is 12.1 Å². The molecule has 0 saturated heterocycles. The predicted molar refractivity (Wildman–Crippen MR) is 60.6 cm³/mol. The van der Waals surface area contributed by atoms with E-state index in [0.29, 0.717) is 5.92 Å². The Hall–Kier alpha value is -1.07. The minimum atomic E-state index is -3.57. The number of phenolic OH excluding ortho intramolecular Hbond substituents is 1. The first-order chi connectivity index (χ1) is 7.49. The van der Waals surface area contributed by atoms with Crippen molar-refractivity contribution in [3.8, 4) is 5.75 Å². The molecule has 2 N–H and O–H groups in total. The van der Waals surface area contributed by atoms with Gasteiger partial charge in [0.15, 0.2) is 0 Å². The molecule has 88 valence electrons. The number of rotatable bonds is 3. The molecule has 0 aliphatic heterocycles. The van der Waals surface area contributed by atoms with E-state index in [2.05, 4.69) is 11.6 Å². The molecule has 1 fully saturated rings. The number of phenols is 1. The van der Waals surface area contributed by atoms with E-state index in [0.717, 1.165) is 12.8 Å². The zero-order valence-corrected chi connectivity index (χ0v) is 9.87. The van der Waals surface area contributed by atoms with Gasteiger partial charge >= 0.3 is 0 Å². The minimum Gasteiger partial charge on any atom is -0.507 e. The van der Waals surface area contributed by atoms with Crippen molar-refractivity contribution in [2.75, 3.05) is 0 Å². The summed E-state index contributed by atoms with van der Waals surface area (Å²) in [5.74, 6) is 0.374. The molecular weight excluding hydrogens is 226 g/mol. The molecule has 1 aliphatic rings. The van der Waals surface area contributed by atoms with Crippen molar-refractivity contribution in [2.24, 2.45) is 5.92 Å². The normalized spacial score (nSPS) is 25.1. The van der Waals surface area contributed by atoms with Crippen molar-refractivity contribution in [1.29, 1.82) is 0 Å². The first-order valence-electron chi connectivity index (χ1n) is 5.29. The Bertz CT molecular complexity index is 478. The molecule has 0 bridgehead atoms. The Labute approximate surface area is 95.4 Å². The maximum absolute atomic E-state index is 11.9. The molecule has 0 aromatic heterocycles. The van der Waals surface area contributed by atoms with E-state index in [1.54, 1.807) is 12.1 Å². The highest BCUT2D eigenvalue weighted by molar-refractivity contribution is 7.89. The summed E-state index contributed by atoms with van der Waals surface area (Å²) < 4.78 is 26.4. The molecule has 0 radical (unpaired) electrons. The second-order valence-electron chi connectivity index (χ2n) is 4.36. The zero-order chi connectivity index (χ0) is 11.8. The largest absolute Gasteiger partial charge is 0.507 e. The number of hydrogen-bond donors (Lipinski definition) is 2. The maximum atomic E-state index is 11.9. The fourth-order valence-corrected chi connectivity index (χ4v) is 3.33. The summed E-state index contributed by atoms with van der Waals surface area (Å²) in [6.07, 6.45) is 1.74. The van der Waals surface area contributed by atoms with E-state index >= 15 is 0 Å². The third-order valence-corrected chi connectivity index (χ3v) is 4.42. The highest BCUT2D eigenvalue weighted by atomic mass is 32.2. The lowest BCUT2D eigenvalue weighted by atomic mass is 9.83. The van der Waals surface area contributed by atoms with Gasteiger partial charge in [-0.05, 0) is 30.9 Å². The SMILES string of the molecule is CC1CC(NS(=O)(=O)c2ccccc2O)C1. The number of hydrogen-bond acceptors (Lipinski definition) is 3. The fraction of sp³-hybridized carbons (Fsp3) is 0.455. The average Bonchev–Trinajstić information content (AvgIpc) is 2.15. The van der Waals surface area contributed by atoms with Crippen LogP contribution in [0.2, 0.25) is 0 Å². The molecule has 0 amide bonds. The van der Waals surface area contributed by atoms with Gasteiger partial charge in [-0.3, -0.25) is 0 Å². The molecule has 1 aliphatic carbocycles. The van der Waals surface area contributed by atoms with Crippen LogP contribution in [-0.2, 0) is 10.0 Å². The molecule has 0 unspecified atom stereocenters. The summed E-state index contributed by atoms with van der Waals surface area (Å²) in [6, 6.07) is 5.98. The van der Waals surface area contributed by atoms with Crippen molar-refractivity contribution >= 4 is 10.0 Å². The van der Waals surface area contributed by atoms with E-state index in [9.17, 15) is 13.5 Å². The Balaban J connectivity index is 2.16. The summed E-state index contributed by atoms with van der Waals surface area (Å²) in [6.45, 7) is 2.09. The highest BCUT2D eigenvalue weighted by Gasteiger charge is 2.30. The first kappa shape index (κ1) is 11.4. The average molecular weight is 241 g/mol. The van der Waals surface area contributed by atoms with E-state index in [1.807, 2.05) is 0 Å². The number of para-hydroxylation sites is 1. The van der Waals surface area contributed by atoms with Gasteiger partial charge in [0.05, 0.1) is 0 Å². The van der Waals surface area contributed by atoms with Gasteiger partial charge < -0.3 is 5.11 Å². The minimum absolute atomic E-state index is 0.0135. The molecule has 0 spiro atoms. The van der Waals surface area contributed by atoms with Crippen LogP contribution in [0.4, 0.5) is 0 Å². The van der Waals surface area contributed by atoms with E-state index < -0.39 is 10.0 Å². The first-order valence-corrected chi connectivity index (χ1v) is 6.77. The second kappa shape index (κ2) is 4.07. The monoisotopic (exact) mass is 241 g/mol. The van der Waals surface area contributed by atoms with Crippen molar-refractivity contribution in [2.45, 2.75) is 30.7 Å². The van der Waals surface area contributed by atoms with Crippen LogP contribution in [0.3, 0.4) is 0 Å². The second-order valence-corrected chi connectivity index (χ2v) is 6.04. The summed E-state index contributed by atoms with van der Waals surface area (Å²) >= 11 is 0. The maximum Gasteiger partial charge on any atom is 0.244 e. The van der Waals surface area contributed by atoms with Crippen LogP contribution >= 0.6 is 0 Å². The Morgan fingerprint density at radius 2 is 1.94 bits per heavy atom. The van der Waals surface area contributed by atoms with Gasteiger partial charge in [0, 0.05) is 6.04 Å². The topological polar surface area (TPSA) is 66.4 Å². The number of aromatic hydroxyl groups is 1. The third kappa shape index (κ3) is 2.20. The van der Waals surface area contributed by atoms with E-state index in [-0.39, 0.29) is 16.7 Å². The van der Waals surface area contributed by atoms with Gasteiger partial charge in [-0.2, -0.15) is 0 Å². The van der Waals surface area contributed by atoms with Crippen LogP contribution in [-0.4, -0.2) is 19.6 Å². The van der Waals surface area contributed by atoms with Crippen LogP contribution in [0.5, 0.6) is 5.75 Å². The lowest BCUT2D eigenvalue weighted by Crippen LogP contribution is -2.43. The van der Waals surface area contributed by atoms with Crippen LogP contribution in [0, 0.1) is 5.92 Å². The van der Waals surface area contributed by atoms with Gasteiger partial charge in [0.2, 0.25) is 10.0 Å². The van der Waals surface area contributed by atoms with Crippen LogP contribution in [0.15, 0.2) is 29.2 Å². The van der Waals surface area contributed by atoms with Crippen LogP contribution < -0.4 is 4.72 Å². The number of benzene rings is 1. The van der Waals surface area contributed by atoms with Crippen molar-refractivity contribution in [1.82, 2.24) is 4.72 Å². The summed E-state index contributed by atoms with van der Waals surface area (Å²) in [7, 11) is -3.57. The number of sulfonamides is 1. The van der Waals surface area contributed by atoms with Crippen LogP contribution in [0.1, 0.15) is 19.8 Å². The summed E-state index contributed by atoms with van der Waals surface area (Å²) in [5.41, 5.74) is 0. The Morgan fingerprint density at radius 1 is 1.31 bits per heavy atom. The fourth-order valence-electron chi connectivity index (χ4n) is 1.97. The molecule has 0 heterocycles. The van der Waals surface area contributed by atoms with Gasteiger partial charge in [-0.1, -0.05) is 19.1 Å².